The van der Waals surface area contributed by atoms with E-state index >= 15 is 0 Å². The summed E-state index contributed by atoms with van der Waals surface area (Å²) in [6, 6.07) is 0.309. The summed E-state index contributed by atoms with van der Waals surface area (Å²) in [5, 5.41) is 6.27. The van der Waals surface area contributed by atoms with Crippen molar-refractivity contribution >= 4 is 16.0 Å². The van der Waals surface area contributed by atoms with Crippen molar-refractivity contribution in [2.45, 2.75) is 26.8 Å². The van der Waals surface area contributed by atoms with E-state index in [0.29, 0.717) is 31.0 Å². The Morgan fingerprint density at radius 2 is 1.82 bits per heavy atom. The second-order valence-corrected chi connectivity index (χ2v) is 6.18. The molecule has 0 saturated carbocycles. The molecule has 0 aliphatic heterocycles. The Morgan fingerprint density at radius 1 is 1.24 bits per heavy atom. The molecule has 0 aromatic carbocycles. The van der Waals surface area contributed by atoms with Gasteiger partial charge in [0.05, 0.1) is 6.26 Å². The summed E-state index contributed by atoms with van der Waals surface area (Å²) < 4.78 is 24.1. The first-order valence-corrected chi connectivity index (χ1v) is 7.57. The number of nitrogens with zero attached hydrogens (tertiary/aromatic N) is 1. The molecule has 1 atom stereocenters. The van der Waals surface area contributed by atoms with Crippen LogP contribution in [0.4, 0.5) is 0 Å². The fourth-order valence-corrected chi connectivity index (χ4v) is 1.47. The lowest BCUT2D eigenvalue weighted by Gasteiger charge is -2.20. The summed E-state index contributed by atoms with van der Waals surface area (Å²) in [6.07, 6.45) is 1.14. The Labute approximate surface area is 104 Å². The van der Waals surface area contributed by atoms with Crippen LogP contribution < -0.4 is 15.4 Å². The van der Waals surface area contributed by atoms with Crippen LogP contribution >= 0.6 is 0 Å². The Kier molecular flexibility index (Phi) is 7.13. The summed E-state index contributed by atoms with van der Waals surface area (Å²) in [5.41, 5.74) is 0. The van der Waals surface area contributed by atoms with Crippen LogP contribution in [0.15, 0.2) is 4.99 Å². The Hall–Kier alpha value is -0.820. The van der Waals surface area contributed by atoms with E-state index in [1.807, 2.05) is 0 Å². The fraction of sp³-hybridized carbons (Fsp3) is 0.900. The molecule has 0 radical (unpaired) electrons. The first-order chi connectivity index (χ1) is 7.76. The summed E-state index contributed by atoms with van der Waals surface area (Å²) in [4.78, 5) is 4.06. The highest BCUT2D eigenvalue weighted by Crippen LogP contribution is 1.98. The van der Waals surface area contributed by atoms with Crippen molar-refractivity contribution in [2.75, 3.05) is 26.4 Å². The van der Waals surface area contributed by atoms with Crippen molar-refractivity contribution in [3.63, 3.8) is 0 Å². The van der Waals surface area contributed by atoms with E-state index in [0.717, 1.165) is 6.26 Å². The molecule has 0 saturated heterocycles. The first-order valence-electron chi connectivity index (χ1n) is 5.68. The SMILES string of the molecule is CN=C(NCCNS(C)(=O)=O)NC(C)C(C)C. The Balaban J connectivity index is 3.93. The molecule has 102 valence electrons. The quantitative estimate of drug-likeness (QED) is 0.351. The highest BCUT2D eigenvalue weighted by Gasteiger charge is 2.08. The van der Waals surface area contributed by atoms with Gasteiger partial charge in [-0.15, -0.1) is 0 Å². The Morgan fingerprint density at radius 3 is 2.24 bits per heavy atom. The maximum Gasteiger partial charge on any atom is 0.208 e. The van der Waals surface area contributed by atoms with E-state index < -0.39 is 10.0 Å². The standard InChI is InChI=1S/C10H24N4O2S/c1-8(2)9(3)14-10(11-4)12-6-7-13-17(5,15)16/h8-9,13H,6-7H2,1-5H3,(H2,11,12,14). The third kappa shape index (κ3) is 8.93. The largest absolute Gasteiger partial charge is 0.355 e. The highest BCUT2D eigenvalue weighted by molar-refractivity contribution is 7.88. The minimum atomic E-state index is -3.12. The van der Waals surface area contributed by atoms with Gasteiger partial charge in [-0.1, -0.05) is 13.8 Å². The molecule has 3 N–H and O–H groups in total. The maximum atomic E-state index is 10.8. The van der Waals surface area contributed by atoms with Crippen LogP contribution in [0.2, 0.25) is 0 Å². The molecule has 0 aromatic rings. The third-order valence-electron chi connectivity index (χ3n) is 2.37. The molecule has 0 spiro atoms. The van der Waals surface area contributed by atoms with Crippen molar-refractivity contribution in [1.82, 2.24) is 15.4 Å². The van der Waals surface area contributed by atoms with Gasteiger partial charge in [0.15, 0.2) is 5.96 Å². The van der Waals surface area contributed by atoms with Gasteiger partial charge in [-0.3, -0.25) is 4.99 Å². The second kappa shape index (κ2) is 7.50. The molecule has 0 aliphatic rings. The molecule has 6 nitrogen and oxygen atoms in total. The summed E-state index contributed by atoms with van der Waals surface area (Å²) in [5.74, 6) is 1.18. The molecule has 0 rings (SSSR count). The van der Waals surface area contributed by atoms with E-state index in [2.05, 4.69) is 41.1 Å². The van der Waals surface area contributed by atoms with Crippen molar-refractivity contribution in [3.05, 3.63) is 0 Å². The lowest BCUT2D eigenvalue weighted by atomic mass is 10.1. The minimum Gasteiger partial charge on any atom is -0.355 e. The monoisotopic (exact) mass is 264 g/mol. The van der Waals surface area contributed by atoms with E-state index in [1.54, 1.807) is 7.05 Å². The fourth-order valence-electron chi connectivity index (χ4n) is 0.994. The van der Waals surface area contributed by atoms with Gasteiger partial charge in [0.1, 0.15) is 0 Å². The number of nitrogens with one attached hydrogen (secondary N) is 3. The van der Waals surface area contributed by atoms with Gasteiger partial charge in [-0.2, -0.15) is 0 Å². The van der Waals surface area contributed by atoms with E-state index in [-0.39, 0.29) is 0 Å². The number of hydrogen-bond acceptors (Lipinski definition) is 3. The number of rotatable bonds is 6. The molecule has 0 bridgehead atoms. The molecular formula is C10H24N4O2S. The maximum absolute atomic E-state index is 10.8. The van der Waals surface area contributed by atoms with Gasteiger partial charge in [0.2, 0.25) is 10.0 Å². The van der Waals surface area contributed by atoms with Crippen LogP contribution in [0.25, 0.3) is 0 Å². The topological polar surface area (TPSA) is 82.6 Å². The van der Waals surface area contributed by atoms with E-state index in [4.69, 9.17) is 0 Å². The van der Waals surface area contributed by atoms with Gasteiger partial charge in [0, 0.05) is 26.2 Å². The smallest absolute Gasteiger partial charge is 0.208 e. The predicted molar refractivity (Wildman–Crippen MR) is 71.6 cm³/mol. The normalized spacial score (nSPS) is 14.8. The molecule has 0 heterocycles. The number of hydrogen-bond donors (Lipinski definition) is 3. The van der Waals surface area contributed by atoms with Gasteiger partial charge in [-0.05, 0) is 12.8 Å². The van der Waals surface area contributed by atoms with Crippen molar-refractivity contribution in [3.8, 4) is 0 Å². The molecule has 1 unspecified atom stereocenters. The van der Waals surface area contributed by atoms with Crippen LogP contribution in [0.5, 0.6) is 0 Å². The molecular weight excluding hydrogens is 240 g/mol. The zero-order chi connectivity index (χ0) is 13.5. The Bertz CT molecular complexity index is 338. The van der Waals surface area contributed by atoms with Crippen LogP contribution in [-0.4, -0.2) is 46.8 Å². The second-order valence-electron chi connectivity index (χ2n) is 4.34. The summed E-state index contributed by atoms with van der Waals surface area (Å²) in [6.45, 7) is 7.16. The van der Waals surface area contributed by atoms with Crippen LogP contribution in [-0.2, 0) is 10.0 Å². The molecule has 7 heteroatoms. The average Bonchev–Trinajstić information content (AvgIpc) is 2.20. The van der Waals surface area contributed by atoms with Crippen molar-refractivity contribution in [1.29, 1.82) is 0 Å². The zero-order valence-corrected chi connectivity index (χ0v) is 12.1. The zero-order valence-electron chi connectivity index (χ0n) is 11.2. The molecule has 17 heavy (non-hydrogen) atoms. The van der Waals surface area contributed by atoms with Crippen LogP contribution in [0.3, 0.4) is 0 Å². The predicted octanol–water partition coefficient (Wildman–Crippen LogP) is -0.255. The lowest BCUT2D eigenvalue weighted by molar-refractivity contribution is 0.481. The molecule has 0 fully saturated rings. The van der Waals surface area contributed by atoms with Crippen molar-refractivity contribution in [2.24, 2.45) is 10.9 Å². The van der Waals surface area contributed by atoms with Crippen molar-refractivity contribution < 1.29 is 8.42 Å². The van der Waals surface area contributed by atoms with Crippen LogP contribution in [0, 0.1) is 5.92 Å². The minimum absolute atomic E-state index is 0.309. The third-order valence-corrected chi connectivity index (χ3v) is 3.10. The highest BCUT2D eigenvalue weighted by atomic mass is 32.2. The summed E-state index contributed by atoms with van der Waals surface area (Å²) >= 11 is 0. The van der Waals surface area contributed by atoms with E-state index in [9.17, 15) is 8.42 Å². The lowest BCUT2D eigenvalue weighted by Crippen LogP contribution is -2.46. The average molecular weight is 264 g/mol. The van der Waals surface area contributed by atoms with Gasteiger partial charge >= 0.3 is 0 Å². The molecule has 0 aromatic heterocycles. The molecule has 0 aliphatic carbocycles. The van der Waals surface area contributed by atoms with Gasteiger partial charge in [-0.25, -0.2) is 13.1 Å². The van der Waals surface area contributed by atoms with E-state index in [1.165, 1.54) is 0 Å². The summed E-state index contributed by atoms with van der Waals surface area (Å²) in [7, 11) is -1.43. The first kappa shape index (κ1) is 16.2. The number of sulfonamides is 1. The van der Waals surface area contributed by atoms with Crippen LogP contribution in [0.1, 0.15) is 20.8 Å². The number of guanidine groups is 1. The van der Waals surface area contributed by atoms with Gasteiger partial charge < -0.3 is 10.6 Å². The number of aliphatic imine (C=N–C) groups is 1. The molecule has 0 amide bonds. The van der Waals surface area contributed by atoms with Gasteiger partial charge in [0.25, 0.3) is 0 Å².